The van der Waals surface area contributed by atoms with Crippen molar-refractivity contribution in [1.82, 2.24) is 10.2 Å². The van der Waals surface area contributed by atoms with Gasteiger partial charge < -0.3 is 15.0 Å². The van der Waals surface area contributed by atoms with Crippen LogP contribution in [0.4, 0.5) is 4.79 Å². The van der Waals surface area contributed by atoms with E-state index >= 15 is 0 Å². The lowest BCUT2D eigenvalue weighted by Gasteiger charge is -2.28. The second-order valence-electron chi connectivity index (χ2n) is 7.92. The molecule has 0 aromatic heterocycles. The molecular weight excluding hydrogens is 276 g/mol. The van der Waals surface area contributed by atoms with Crippen LogP contribution >= 0.6 is 0 Å². The summed E-state index contributed by atoms with van der Waals surface area (Å²) in [6.07, 6.45) is 8.48. The van der Waals surface area contributed by atoms with Gasteiger partial charge in [0.2, 0.25) is 0 Å². The van der Waals surface area contributed by atoms with Crippen molar-refractivity contribution in [3.63, 3.8) is 0 Å². The summed E-state index contributed by atoms with van der Waals surface area (Å²) in [4.78, 5) is 14.2. The zero-order valence-corrected chi connectivity index (χ0v) is 14.9. The summed E-state index contributed by atoms with van der Waals surface area (Å²) >= 11 is 0. The molecule has 4 heteroatoms. The van der Waals surface area contributed by atoms with Gasteiger partial charge in [-0.05, 0) is 65.3 Å². The molecule has 0 aliphatic heterocycles. The topological polar surface area (TPSA) is 41.6 Å². The Kier molecular flexibility index (Phi) is 6.13. The molecule has 0 spiro atoms. The summed E-state index contributed by atoms with van der Waals surface area (Å²) in [7, 11) is 0. The Morgan fingerprint density at radius 1 is 1.23 bits per heavy atom. The van der Waals surface area contributed by atoms with E-state index in [1.165, 1.54) is 25.7 Å². The van der Waals surface area contributed by atoms with Crippen molar-refractivity contribution in [1.29, 1.82) is 0 Å². The molecule has 2 unspecified atom stereocenters. The number of nitrogens with zero attached hydrogens (tertiary/aromatic N) is 1. The monoisotopic (exact) mass is 310 g/mol. The zero-order valence-electron chi connectivity index (χ0n) is 14.9. The Morgan fingerprint density at radius 2 is 1.95 bits per heavy atom. The minimum atomic E-state index is -0.402. The Labute approximate surface area is 136 Å². The molecule has 1 N–H and O–H groups in total. The molecule has 2 fully saturated rings. The molecule has 0 saturated heterocycles. The van der Waals surface area contributed by atoms with Gasteiger partial charge in [0.15, 0.2) is 0 Å². The number of rotatable bonds is 7. The summed E-state index contributed by atoms with van der Waals surface area (Å²) in [6.45, 7) is 9.92. The second-order valence-corrected chi connectivity index (χ2v) is 7.92. The van der Waals surface area contributed by atoms with E-state index in [1.54, 1.807) is 0 Å². The van der Waals surface area contributed by atoms with Gasteiger partial charge in [0, 0.05) is 18.6 Å². The van der Waals surface area contributed by atoms with E-state index in [1.807, 2.05) is 25.7 Å². The molecule has 0 aromatic rings. The van der Waals surface area contributed by atoms with Gasteiger partial charge in [-0.3, -0.25) is 0 Å². The van der Waals surface area contributed by atoms with E-state index in [0.717, 1.165) is 38.3 Å². The lowest BCUT2D eigenvalue weighted by molar-refractivity contribution is 0.0231. The number of nitrogens with one attached hydrogen (secondary N) is 1. The number of ether oxygens (including phenoxy) is 1. The van der Waals surface area contributed by atoms with Crippen LogP contribution < -0.4 is 5.32 Å². The van der Waals surface area contributed by atoms with Gasteiger partial charge in [-0.1, -0.05) is 19.8 Å². The molecule has 2 atom stereocenters. The second kappa shape index (κ2) is 7.67. The number of amides is 1. The quantitative estimate of drug-likeness (QED) is 0.724. The third-order valence-corrected chi connectivity index (χ3v) is 4.78. The summed E-state index contributed by atoms with van der Waals surface area (Å²) in [5.41, 5.74) is -0.402. The third-order valence-electron chi connectivity index (χ3n) is 4.78. The van der Waals surface area contributed by atoms with Gasteiger partial charge in [0.25, 0.3) is 0 Å². The molecule has 0 radical (unpaired) electrons. The van der Waals surface area contributed by atoms with Gasteiger partial charge in [-0.15, -0.1) is 0 Å². The summed E-state index contributed by atoms with van der Waals surface area (Å²) in [6, 6.07) is 1.12. The third kappa shape index (κ3) is 5.45. The first-order valence-electron chi connectivity index (χ1n) is 9.13. The van der Waals surface area contributed by atoms with Gasteiger partial charge >= 0.3 is 6.09 Å². The predicted molar refractivity (Wildman–Crippen MR) is 90.0 cm³/mol. The standard InChI is InChI=1S/C18H34N2O2/c1-5-14-8-6-9-16(14)19-12-7-13-20(15-10-11-15)17(21)22-18(2,3)4/h14-16,19H,5-13H2,1-4H3. The number of carbonyl (C=O) groups excluding carboxylic acids is 1. The van der Waals surface area contributed by atoms with E-state index in [0.29, 0.717) is 12.1 Å². The molecule has 2 saturated carbocycles. The van der Waals surface area contributed by atoms with Crippen molar-refractivity contribution in [2.75, 3.05) is 13.1 Å². The summed E-state index contributed by atoms with van der Waals surface area (Å²) in [5.74, 6) is 0.852. The van der Waals surface area contributed by atoms with Gasteiger partial charge in [0.05, 0.1) is 0 Å². The van der Waals surface area contributed by atoms with Crippen molar-refractivity contribution >= 4 is 6.09 Å². The molecule has 0 heterocycles. The fraction of sp³-hybridized carbons (Fsp3) is 0.944. The highest BCUT2D eigenvalue weighted by Crippen LogP contribution is 2.29. The van der Waals surface area contributed by atoms with Crippen molar-refractivity contribution in [3.8, 4) is 0 Å². The Hall–Kier alpha value is -0.770. The molecule has 128 valence electrons. The van der Waals surface area contributed by atoms with E-state index in [-0.39, 0.29) is 6.09 Å². The van der Waals surface area contributed by atoms with Crippen LogP contribution in [0.3, 0.4) is 0 Å². The first-order chi connectivity index (χ1) is 10.4. The van der Waals surface area contributed by atoms with Gasteiger partial charge in [-0.2, -0.15) is 0 Å². The van der Waals surface area contributed by atoms with Crippen LogP contribution in [0.2, 0.25) is 0 Å². The highest BCUT2D eigenvalue weighted by Gasteiger charge is 2.34. The average molecular weight is 310 g/mol. The zero-order chi connectivity index (χ0) is 16.2. The van der Waals surface area contributed by atoms with Crippen LogP contribution in [0.5, 0.6) is 0 Å². The normalized spacial score (nSPS) is 25.3. The smallest absolute Gasteiger partial charge is 0.410 e. The molecule has 22 heavy (non-hydrogen) atoms. The van der Waals surface area contributed by atoms with Crippen molar-refractivity contribution < 1.29 is 9.53 Å². The van der Waals surface area contributed by atoms with Crippen LogP contribution in [0.25, 0.3) is 0 Å². The number of carbonyl (C=O) groups is 1. The number of hydrogen-bond acceptors (Lipinski definition) is 3. The first-order valence-corrected chi connectivity index (χ1v) is 9.13. The summed E-state index contributed by atoms with van der Waals surface area (Å²) in [5, 5.41) is 3.71. The van der Waals surface area contributed by atoms with Crippen molar-refractivity contribution in [2.45, 2.75) is 90.3 Å². The van der Waals surface area contributed by atoms with E-state index < -0.39 is 5.60 Å². The molecule has 2 aliphatic carbocycles. The molecule has 0 aromatic carbocycles. The van der Waals surface area contributed by atoms with Crippen LogP contribution in [0.1, 0.15) is 72.6 Å². The maximum absolute atomic E-state index is 12.3. The molecule has 2 aliphatic rings. The predicted octanol–water partition coefficient (Wildman–Crippen LogP) is 3.94. The molecular formula is C18H34N2O2. The lowest BCUT2D eigenvalue weighted by atomic mass is 10.0. The molecule has 2 rings (SSSR count). The van der Waals surface area contributed by atoms with Gasteiger partial charge in [0.1, 0.15) is 5.60 Å². The Bertz CT molecular complexity index is 361. The van der Waals surface area contributed by atoms with E-state index in [4.69, 9.17) is 4.74 Å². The van der Waals surface area contributed by atoms with E-state index in [9.17, 15) is 4.79 Å². The highest BCUT2D eigenvalue weighted by molar-refractivity contribution is 5.69. The van der Waals surface area contributed by atoms with Crippen LogP contribution in [-0.2, 0) is 4.74 Å². The SMILES string of the molecule is CCC1CCCC1NCCCN(C(=O)OC(C)(C)C)C1CC1. The Morgan fingerprint density at radius 3 is 2.55 bits per heavy atom. The van der Waals surface area contributed by atoms with Crippen LogP contribution in [0.15, 0.2) is 0 Å². The molecule has 1 amide bonds. The molecule has 4 nitrogen and oxygen atoms in total. The van der Waals surface area contributed by atoms with E-state index in [2.05, 4.69) is 12.2 Å². The van der Waals surface area contributed by atoms with Crippen molar-refractivity contribution in [2.24, 2.45) is 5.92 Å². The fourth-order valence-corrected chi connectivity index (χ4v) is 3.46. The maximum Gasteiger partial charge on any atom is 0.410 e. The Balaban J connectivity index is 1.70. The average Bonchev–Trinajstić information content (AvgIpc) is 3.14. The van der Waals surface area contributed by atoms with Gasteiger partial charge in [-0.25, -0.2) is 4.79 Å². The summed E-state index contributed by atoms with van der Waals surface area (Å²) < 4.78 is 5.53. The van der Waals surface area contributed by atoms with Crippen LogP contribution in [0, 0.1) is 5.92 Å². The molecule has 0 bridgehead atoms. The van der Waals surface area contributed by atoms with Crippen molar-refractivity contribution in [3.05, 3.63) is 0 Å². The fourth-order valence-electron chi connectivity index (χ4n) is 3.46. The first kappa shape index (κ1) is 17.6. The minimum Gasteiger partial charge on any atom is -0.444 e. The van der Waals surface area contributed by atoms with Crippen LogP contribution in [-0.4, -0.2) is 41.8 Å². The minimum absolute atomic E-state index is 0.137. The maximum atomic E-state index is 12.3. The largest absolute Gasteiger partial charge is 0.444 e. The number of hydrogen-bond donors (Lipinski definition) is 1. The lowest BCUT2D eigenvalue weighted by Crippen LogP contribution is -2.40. The highest BCUT2D eigenvalue weighted by atomic mass is 16.6.